The van der Waals surface area contributed by atoms with Crippen LogP contribution in [0.5, 0.6) is 0 Å². The van der Waals surface area contributed by atoms with E-state index < -0.39 is 0 Å². The maximum atomic E-state index is 11.9. The molecule has 1 amide bonds. The Morgan fingerprint density at radius 2 is 2.11 bits per heavy atom. The molecule has 0 unspecified atom stereocenters. The molecule has 18 heavy (non-hydrogen) atoms. The Morgan fingerprint density at radius 3 is 2.72 bits per heavy atom. The van der Waals surface area contributed by atoms with E-state index in [4.69, 9.17) is 11.6 Å². The van der Waals surface area contributed by atoms with Crippen LogP contribution in [0.25, 0.3) is 0 Å². The molecule has 0 N–H and O–H groups in total. The molecular formula is C11H12ClN5O. The molecular weight excluding hydrogens is 254 g/mol. The second-order valence-electron chi connectivity index (χ2n) is 3.88. The predicted octanol–water partition coefficient (Wildman–Crippen LogP) is 0.985. The average Bonchev–Trinajstić information content (AvgIpc) is 2.85. The van der Waals surface area contributed by atoms with Crippen LogP contribution in [0.3, 0.4) is 0 Å². The van der Waals surface area contributed by atoms with Crippen LogP contribution < -0.4 is 0 Å². The van der Waals surface area contributed by atoms with E-state index in [9.17, 15) is 4.79 Å². The fraction of sp³-hybridized carbons (Fsp3) is 0.273. The fourth-order valence-electron chi connectivity index (χ4n) is 1.46. The maximum absolute atomic E-state index is 11.9. The minimum absolute atomic E-state index is 0.0581. The maximum Gasteiger partial charge on any atom is 0.244 e. The lowest BCUT2D eigenvalue weighted by atomic mass is 10.2. The molecule has 0 saturated carbocycles. The van der Waals surface area contributed by atoms with Crippen LogP contribution in [-0.4, -0.2) is 38.1 Å². The predicted molar refractivity (Wildman–Crippen MR) is 65.7 cm³/mol. The number of rotatable bonds is 4. The molecule has 2 rings (SSSR count). The van der Waals surface area contributed by atoms with Gasteiger partial charge in [-0.1, -0.05) is 23.7 Å². The van der Waals surface area contributed by atoms with E-state index in [1.165, 1.54) is 11.0 Å². The summed E-state index contributed by atoms with van der Waals surface area (Å²) in [5.41, 5.74) is 1.02. The topological polar surface area (TPSA) is 63.9 Å². The zero-order valence-corrected chi connectivity index (χ0v) is 10.6. The highest BCUT2D eigenvalue weighted by atomic mass is 35.5. The quantitative estimate of drug-likeness (QED) is 0.827. The first kappa shape index (κ1) is 12.5. The van der Waals surface area contributed by atoms with Crippen LogP contribution >= 0.6 is 11.6 Å². The molecule has 0 radical (unpaired) electrons. The summed E-state index contributed by atoms with van der Waals surface area (Å²) >= 11 is 5.80. The summed E-state index contributed by atoms with van der Waals surface area (Å²) < 4.78 is 1.39. The van der Waals surface area contributed by atoms with Crippen molar-refractivity contribution >= 4 is 17.5 Å². The third kappa shape index (κ3) is 3.27. The fourth-order valence-corrected chi connectivity index (χ4v) is 1.59. The van der Waals surface area contributed by atoms with Crippen LogP contribution in [-0.2, 0) is 17.9 Å². The van der Waals surface area contributed by atoms with E-state index in [0.29, 0.717) is 11.6 Å². The molecule has 0 spiro atoms. The number of benzene rings is 1. The number of hydrogen-bond donors (Lipinski definition) is 0. The van der Waals surface area contributed by atoms with Crippen LogP contribution in [0.4, 0.5) is 0 Å². The molecule has 94 valence electrons. The molecule has 0 atom stereocenters. The SMILES string of the molecule is CN(Cc1ccc(Cl)cc1)C(=O)Cn1cnnn1. The number of amides is 1. The Balaban J connectivity index is 1.93. The molecule has 6 nitrogen and oxygen atoms in total. The molecule has 0 aliphatic rings. The van der Waals surface area contributed by atoms with Gasteiger partial charge in [0.15, 0.2) is 0 Å². The summed E-state index contributed by atoms with van der Waals surface area (Å²) in [4.78, 5) is 13.5. The Hall–Kier alpha value is -1.95. The molecule has 0 fully saturated rings. The summed E-state index contributed by atoms with van der Waals surface area (Å²) in [5, 5.41) is 11.3. The largest absolute Gasteiger partial charge is 0.340 e. The highest BCUT2D eigenvalue weighted by Crippen LogP contribution is 2.11. The van der Waals surface area contributed by atoms with E-state index in [-0.39, 0.29) is 12.5 Å². The lowest BCUT2D eigenvalue weighted by Gasteiger charge is -2.16. The molecule has 0 aliphatic heterocycles. The number of carbonyl (C=O) groups is 1. The normalized spacial score (nSPS) is 10.3. The van der Waals surface area contributed by atoms with Crippen molar-refractivity contribution < 1.29 is 4.79 Å². The molecule has 0 bridgehead atoms. The number of nitrogens with zero attached hydrogens (tertiary/aromatic N) is 5. The summed E-state index contributed by atoms with van der Waals surface area (Å²) in [6.45, 7) is 0.662. The second-order valence-corrected chi connectivity index (χ2v) is 4.32. The van der Waals surface area contributed by atoms with Gasteiger partial charge in [0, 0.05) is 18.6 Å². The van der Waals surface area contributed by atoms with E-state index in [0.717, 1.165) is 5.56 Å². The number of hydrogen-bond acceptors (Lipinski definition) is 4. The van der Waals surface area contributed by atoms with Crippen molar-refractivity contribution in [2.75, 3.05) is 7.05 Å². The van der Waals surface area contributed by atoms with E-state index >= 15 is 0 Å². The van der Waals surface area contributed by atoms with Gasteiger partial charge in [0.2, 0.25) is 5.91 Å². The molecule has 0 saturated heterocycles. The standard InChI is InChI=1S/C11H12ClN5O/c1-16(6-9-2-4-10(12)5-3-9)11(18)7-17-8-13-14-15-17/h2-5,8H,6-7H2,1H3. The summed E-state index contributed by atoms with van der Waals surface area (Å²) in [6.07, 6.45) is 1.41. The molecule has 2 aromatic rings. The number of carbonyl (C=O) groups excluding carboxylic acids is 1. The first-order valence-electron chi connectivity index (χ1n) is 5.34. The zero-order valence-electron chi connectivity index (χ0n) is 9.82. The summed E-state index contributed by atoms with van der Waals surface area (Å²) in [5.74, 6) is -0.0581. The Bertz CT molecular complexity index is 511. The average molecular weight is 266 g/mol. The second kappa shape index (κ2) is 5.59. The summed E-state index contributed by atoms with van der Waals surface area (Å²) in [7, 11) is 1.74. The van der Waals surface area contributed by atoms with Gasteiger partial charge in [-0.3, -0.25) is 4.79 Å². The van der Waals surface area contributed by atoms with Crippen molar-refractivity contribution in [2.45, 2.75) is 13.1 Å². The molecule has 7 heteroatoms. The van der Waals surface area contributed by atoms with Crippen molar-refractivity contribution in [3.63, 3.8) is 0 Å². The van der Waals surface area contributed by atoms with Gasteiger partial charge in [0.05, 0.1) is 0 Å². The van der Waals surface area contributed by atoms with Gasteiger partial charge < -0.3 is 4.90 Å². The van der Waals surface area contributed by atoms with Crippen LogP contribution in [0.2, 0.25) is 5.02 Å². The van der Waals surface area contributed by atoms with Crippen molar-refractivity contribution in [2.24, 2.45) is 0 Å². The number of tetrazole rings is 1. The monoisotopic (exact) mass is 265 g/mol. The highest BCUT2D eigenvalue weighted by Gasteiger charge is 2.10. The van der Waals surface area contributed by atoms with Gasteiger partial charge in [0.1, 0.15) is 12.9 Å². The van der Waals surface area contributed by atoms with E-state index in [2.05, 4.69) is 15.5 Å². The van der Waals surface area contributed by atoms with Crippen LogP contribution in [0.1, 0.15) is 5.56 Å². The first-order valence-corrected chi connectivity index (χ1v) is 5.72. The van der Waals surface area contributed by atoms with Gasteiger partial charge in [-0.05, 0) is 28.1 Å². The van der Waals surface area contributed by atoms with E-state index in [1.807, 2.05) is 12.1 Å². The lowest BCUT2D eigenvalue weighted by Crippen LogP contribution is -2.29. The molecule has 1 heterocycles. The number of halogens is 1. The van der Waals surface area contributed by atoms with Gasteiger partial charge in [0.25, 0.3) is 0 Å². The highest BCUT2D eigenvalue weighted by molar-refractivity contribution is 6.30. The van der Waals surface area contributed by atoms with Gasteiger partial charge in [-0.25, -0.2) is 4.68 Å². The van der Waals surface area contributed by atoms with Gasteiger partial charge in [-0.15, -0.1) is 5.10 Å². The smallest absolute Gasteiger partial charge is 0.244 e. The third-order valence-corrected chi connectivity index (χ3v) is 2.70. The number of aromatic nitrogens is 4. The van der Waals surface area contributed by atoms with Crippen molar-refractivity contribution in [1.82, 2.24) is 25.1 Å². The van der Waals surface area contributed by atoms with Crippen molar-refractivity contribution in [3.8, 4) is 0 Å². The Morgan fingerprint density at radius 1 is 1.39 bits per heavy atom. The molecule has 1 aromatic heterocycles. The molecule has 1 aromatic carbocycles. The Labute approximate surface area is 109 Å². The van der Waals surface area contributed by atoms with Gasteiger partial charge in [-0.2, -0.15) is 0 Å². The Kier molecular flexibility index (Phi) is 3.88. The summed E-state index contributed by atoms with van der Waals surface area (Å²) in [6, 6.07) is 7.39. The first-order chi connectivity index (χ1) is 8.65. The van der Waals surface area contributed by atoms with Gasteiger partial charge >= 0.3 is 0 Å². The van der Waals surface area contributed by atoms with Crippen LogP contribution in [0.15, 0.2) is 30.6 Å². The minimum atomic E-state index is -0.0581. The van der Waals surface area contributed by atoms with Crippen molar-refractivity contribution in [3.05, 3.63) is 41.2 Å². The van der Waals surface area contributed by atoms with Crippen molar-refractivity contribution in [1.29, 1.82) is 0 Å². The number of likely N-dealkylation sites (N-methyl/N-ethyl adjacent to an activating group) is 1. The van der Waals surface area contributed by atoms with E-state index in [1.54, 1.807) is 24.1 Å². The zero-order chi connectivity index (χ0) is 13.0. The minimum Gasteiger partial charge on any atom is -0.340 e. The third-order valence-electron chi connectivity index (χ3n) is 2.45. The molecule has 0 aliphatic carbocycles. The van der Waals surface area contributed by atoms with Crippen LogP contribution in [0, 0.1) is 0 Å². The lowest BCUT2D eigenvalue weighted by molar-refractivity contribution is -0.131.